The van der Waals surface area contributed by atoms with Crippen LogP contribution in [0.2, 0.25) is 0 Å². The van der Waals surface area contributed by atoms with E-state index in [2.05, 4.69) is 4.98 Å². The number of nitrogens with two attached hydrogens (primary N) is 1. The number of benzene rings is 1. The van der Waals surface area contributed by atoms with Crippen molar-refractivity contribution in [3.63, 3.8) is 0 Å². The summed E-state index contributed by atoms with van der Waals surface area (Å²) in [5.74, 6) is -0.717. The van der Waals surface area contributed by atoms with Crippen LogP contribution in [0.3, 0.4) is 0 Å². The van der Waals surface area contributed by atoms with Crippen molar-refractivity contribution in [3.8, 4) is 16.9 Å². The normalized spacial score (nSPS) is 14.3. The molecule has 0 bridgehead atoms. The van der Waals surface area contributed by atoms with Crippen LogP contribution in [0.5, 0.6) is 5.75 Å². The zero-order valence-electron chi connectivity index (χ0n) is 15.8. The first-order valence-electron chi connectivity index (χ1n) is 8.65. The van der Waals surface area contributed by atoms with E-state index in [1.54, 1.807) is 6.92 Å². The van der Waals surface area contributed by atoms with Crippen molar-refractivity contribution in [1.29, 1.82) is 0 Å². The van der Waals surface area contributed by atoms with E-state index in [-0.39, 0.29) is 29.4 Å². The topological polar surface area (TPSA) is 48.1 Å². The molecule has 2 aromatic rings. The van der Waals surface area contributed by atoms with Crippen LogP contribution in [0.1, 0.15) is 38.3 Å². The first-order valence-corrected chi connectivity index (χ1v) is 8.65. The van der Waals surface area contributed by atoms with E-state index >= 15 is 0 Å². The number of nitrogens with zero attached hydrogens (tertiary/aromatic N) is 1. The molecule has 3 nitrogen and oxygen atoms in total. The van der Waals surface area contributed by atoms with Crippen LogP contribution in [0.4, 0.5) is 17.6 Å². The van der Waals surface area contributed by atoms with Gasteiger partial charge in [0.05, 0.1) is 5.56 Å². The van der Waals surface area contributed by atoms with Gasteiger partial charge in [0.1, 0.15) is 12.4 Å². The minimum atomic E-state index is -4.62. The van der Waals surface area contributed by atoms with Gasteiger partial charge >= 0.3 is 6.18 Å². The Morgan fingerprint density at radius 1 is 1.19 bits per heavy atom. The van der Waals surface area contributed by atoms with Gasteiger partial charge in [0.2, 0.25) is 5.95 Å². The van der Waals surface area contributed by atoms with Crippen LogP contribution in [0, 0.1) is 18.8 Å². The minimum Gasteiger partial charge on any atom is -0.491 e. The maximum absolute atomic E-state index is 13.7. The highest BCUT2D eigenvalue weighted by Gasteiger charge is 2.35. The third-order valence-corrected chi connectivity index (χ3v) is 4.17. The van der Waals surface area contributed by atoms with Crippen LogP contribution < -0.4 is 10.5 Å². The fourth-order valence-electron chi connectivity index (χ4n) is 3.10. The molecule has 0 saturated heterocycles. The van der Waals surface area contributed by atoms with E-state index in [0.717, 1.165) is 6.07 Å². The van der Waals surface area contributed by atoms with Crippen molar-refractivity contribution >= 4 is 0 Å². The number of halogens is 4. The Bertz CT molecular complexity index is 801. The molecule has 1 aromatic heterocycles. The third-order valence-electron chi connectivity index (χ3n) is 4.17. The van der Waals surface area contributed by atoms with E-state index < -0.39 is 23.2 Å². The van der Waals surface area contributed by atoms with Gasteiger partial charge < -0.3 is 10.5 Å². The molecule has 0 aliphatic rings. The summed E-state index contributed by atoms with van der Waals surface area (Å²) in [7, 11) is 0. The highest BCUT2D eigenvalue weighted by Crippen LogP contribution is 2.39. The van der Waals surface area contributed by atoms with E-state index in [1.165, 1.54) is 31.3 Å². The largest absolute Gasteiger partial charge is 0.491 e. The molecule has 1 unspecified atom stereocenters. The SMILES string of the molecule is Cc1c(-c2ccc(OCC(C)(N)CC(C)C)c(C(F)(F)F)c2)ccnc1F. The lowest BCUT2D eigenvalue weighted by Gasteiger charge is -2.27. The molecule has 0 radical (unpaired) electrons. The van der Waals surface area contributed by atoms with Gasteiger partial charge in [0.15, 0.2) is 0 Å². The highest BCUT2D eigenvalue weighted by atomic mass is 19.4. The Morgan fingerprint density at radius 2 is 1.85 bits per heavy atom. The van der Waals surface area contributed by atoms with Gasteiger partial charge in [-0.3, -0.25) is 0 Å². The van der Waals surface area contributed by atoms with Gasteiger partial charge in [0, 0.05) is 17.3 Å². The van der Waals surface area contributed by atoms with Gasteiger partial charge in [0.25, 0.3) is 0 Å². The summed E-state index contributed by atoms with van der Waals surface area (Å²) in [6.45, 7) is 7.14. The average molecular weight is 384 g/mol. The van der Waals surface area contributed by atoms with Gasteiger partial charge in [-0.25, -0.2) is 4.98 Å². The smallest absolute Gasteiger partial charge is 0.419 e. The number of aromatic nitrogens is 1. The quantitative estimate of drug-likeness (QED) is 0.539. The molecule has 0 saturated carbocycles. The Labute approximate surface area is 156 Å². The fraction of sp³-hybridized carbons (Fsp3) is 0.450. The summed E-state index contributed by atoms with van der Waals surface area (Å²) in [6.07, 6.45) is -2.78. The zero-order chi connectivity index (χ0) is 20.4. The maximum atomic E-state index is 13.7. The summed E-state index contributed by atoms with van der Waals surface area (Å²) < 4.78 is 59.8. The van der Waals surface area contributed by atoms with Crippen LogP contribution in [0.15, 0.2) is 30.5 Å². The van der Waals surface area contributed by atoms with E-state index in [9.17, 15) is 17.6 Å². The number of hydrogen-bond donors (Lipinski definition) is 1. The number of hydrogen-bond acceptors (Lipinski definition) is 3. The second kappa shape index (κ2) is 7.84. The van der Waals surface area contributed by atoms with Crippen molar-refractivity contribution < 1.29 is 22.3 Å². The molecule has 7 heteroatoms. The van der Waals surface area contributed by atoms with E-state index in [0.29, 0.717) is 12.0 Å². The van der Waals surface area contributed by atoms with Crippen molar-refractivity contribution in [2.24, 2.45) is 11.7 Å². The predicted octanol–water partition coefficient (Wildman–Crippen LogP) is 5.36. The molecule has 0 fully saturated rings. The molecular weight excluding hydrogens is 360 g/mol. The van der Waals surface area contributed by atoms with Crippen LogP contribution in [-0.4, -0.2) is 17.1 Å². The molecule has 0 aliphatic carbocycles. The van der Waals surface area contributed by atoms with Gasteiger partial charge in [-0.2, -0.15) is 17.6 Å². The van der Waals surface area contributed by atoms with Crippen molar-refractivity contribution in [3.05, 3.63) is 47.5 Å². The molecule has 2 rings (SSSR count). The van der Waals surface area contributed by atoms with Crippen LogP contribution in [0.25, 0.3) is 11.1 Å². The number of pyridine rings is 1. The molecule has 0 amide bonds. The minimum absolute atomic E-state index is 0.0451. The molecule has 1 aromatic carbocycles. The van der Waals surface area contributed by atoms with Gasteiger partial charge in [-0.15, -0.1) is 0 Å². The standard InChI is InChI=1S/C20H24F4N2O/c1-12(2)10-19(4,25)11-27-17-6-5-14(9-16(17)20(22,23)24)15-7-8-26-18(21)13(15)3/h5-9,12H,10-11,25H2,1-4H3. The lowest BCUT2D eigenvalue weighted by atomic mass is 9.93. The summed E-state index contributed by atoms with van der Waals surface area (Å²) in [6, 6.07) is 5.17. The number of alkyl halides is 3. The number of ether oxygens (including phenoxy) is 1. The first-order chi connectivity index (χ1) is 12.4. The summed E-state index contributed by atoms with van der Waals surface area (Å²) in [5.41, 5.74) is 5.24. The Hall–Kier alpha value is -2.15. The molecule has 1 atom stereocenters. The zero-order valence-corrected chi connectivity index (χ0v) is 15.8. The van der Waals surface area contributed by atoms with Crippen molar-refractivity contribution in [1.82, 2.24) is 4.98 Å². The van der Waals surface area contributed by atoms with Crippen LogP contribution >= 0.6 is 0 Å². The average Bonchev–Trinajstić information content (AvgIpc) is 2.53. The highest BCUT2D eigenvalue weighted by molar-refractivity contribution is 5.68. The summed E-state index contributed by atoms with van der Waals surface area (Å²) in [5, 5.41) is 0. The lowest BCUT2D eigenvalue weighted by molar-refractivity contribution is -0.139. The summed E-state index contributed by atoms with van der Waals surface area (Å²) >= 11 is 0. The Balaban J connectivity index is 2.38. The lowest BCUT2D eigenvalue weighted by Crippen LogP contribution is -2.43. The molecule has 148 valence electrons. The first kappa shape index (κ1) is 21.2. The third kappa shape index (κ3) is 5.42. The predicted molar refractivity (Wildman–Crippen MR) is 96.9 cm³/mol. The fourth-order valence-corrected chi connectivity index (χ4v) is 3.10. The molecule has 27 heavy (non-hydrogen) atoms. The molecule has 0 spiro atoms. The maximum Gasteiger partial charge on any atom is 0.419 e. The Kier molecular flexibility index (Phi) is 6.14. The summed E-state index contributed by atoms with van der Waals surface area (Å²) in [4.78, 5) is 3.51. The van der Waals surface area contributed by atoms with Gasteiger partial charge in [-0.05, 0) is 55.5 Å². The number of rotatable bonds is 6. The van der Waals surface area contributed by atoms with E-state index in [4.69, 9.17) is 10.5 Å². The second-order valence-corrected chi connectivity index (χ2v) is 7.52. The Morgan fingerprint density at radius 3 is 2.44 bits per heavy atom. The monoisotopic (exact) mass is 384 g/mol. The van der Waals surface area contributed by atoms with Crippen molar-refractivity contribution in [2.75, 3.05) is 6.61 Å². The molecule has 2 N–H and O–H groups in total. The van der Waals surface area contributed by atoms with Crippen molar-refractivity contribution in [2.45, 2.75) is 45.8 Å². The van der Waals surface area contributed by atoms with E-state index in [1.807, 2.05) is 13.8 Å². The molecule has 1 heterocycles. The van der Waals surface area contributed by atoms with Crippen LogP contribution in [-0.2, 0) is 6.18 Å². The molecule has 0 aliphatic heterocycles. The van der Waals surface area contributed by atoms with Gasteiger partial charge in [-0.1, -0.05) is 19.9 Å². The second-order valence-electron chi connectivity index (χ2n) is 7.52. The molecular formula is C20H24F4N2O.